The number of carboxylic acid groups (broad SMARTS) is 1. The second-order valence-corrected chi connectivity index (χ2v) is 8.81. The number of benzene rings is 1. The maximum Gasteiger partial charge on any atom is 0.290 e. The molecule has 0 heterocycles. The molecule has 0 amide bonds. The van der Waals surface area contributed by atoms with Crippen molar-refractivity contribution >= 4 is 23.8 Å². The van der Waals surface area contributed by atoms with Crippen molar-refractivity contribution in [3.05, 3.63) is 46.5 Å². The van der Waals surface area contributed by atoms with Crippen molar-refractivity contribution in [2.75, 3.05) is 6.61 Å². The van der Waals surface area contributed by atoms with Gasteiger partial charge in [-0.2, -0.15) is 0 Å². The first-order valence-electron chi connectivity index (χ1n) is 10.0. The molecule has 0 radical (unpaired) electrons. The molecule has 1 N–H and O–H groups in total. The zero-order valence-electron chi connectivity index (χ0n) is 17.4. The average molecular weight is 406 g/mol. The van der Waals surface area contributed by atoms with Gasteiger partial charge in [0.15, 0.2) is 0 Å². The molecule has 0 bridgehead atoms. The van der Waals surface area contributed by atoms with E-state index in [-0.39, 0.29) is 11.9 Å². The van der Waals surface area contributed by atoms with Gasteiger partial charge < -0.3 is 9.94 Å². The maximum atomic E-state index is 8.36. The first-order valence-corrected chi connectivity index (χ1v) is 10.4. The van der Waals surface area contributed by atoms with Gasteiger partial charge in [-0.15, -0.1) is 0 Å². The molecular weight excluding hydrogens is 374 g/mol. The normalized spacial score (nSPS) is 27.3. The van der Waals surface area contributed by atoms with Crippen LogP contribution in [-0.4, -0.2) is 23.9 Å². The van der Waals surface area contributed by atoms with Crippen molar-refractivity contribution < 1.29 is 14.7 Å². The largest absolute Gasteiger partial charge is 0.483 e. The Balaban J connectivity index is 0.000000878. The molecule has 4 nitrogen and oxygen atoms in total. The minimum Gasteiger partial charge on any atom is -0.483 e. The van der Waals surface area contributed by atoms with Gasteiger partial charge in [-0.25, -0.2) is 0 Å². The number of oxime groups is 1. The monoisotopic (exact) mass is 405 g/mol. The van der Waals surface area contributed by atoms with Crippen molar-refractivity contribution in [1.29, 1.82) is 0 Å². The predicted molar refractivity (Wildman–Crippen MR) is 115 cm³/mol. The summed E-state index contributed by atoms with van der Waals surface area (Å²) in [4.78, 5) is 13.9. The fourth-order valence-electron chi connectivity index (χ4n) is 4.88. The van der Waals surface area contributed by atoms with Crippen molar-refractivity contribution in [1.82, 2.24) is 0 Å². The van der Waals surface area contributed by atoms with Crippen LogP contribution >= 0.6 is 11.6 Å². The second-order valence-electron chi connectivity index (χ2n) is 8.41. The lowest BCUT2D eigenvalue weighted by Crippen LogP contribution is -2.45. The van der Waals surface area contributed by atoms with Gasteiger partial charge in [0, 0.05) is 10.6 Å². The third-order valence-electron chi connectivity index (χ3n) is 6.30. The van der Waals surface area contributed by atoms with Crippen LogP contribution in [0.3, 0.4) is 0 Å². The third kappa shape index (κ3) is 4.43. The molecule has 1 fully saturated rings. The fourth-order valence-corrected chi connectivity index (χ4v) is 5.33. The summed E-state index contributed by atoms with van der Waals surface area (Å²) >= 11 is 6.86. The quantitative estimate of drug-likeness (QED) is 0.282. The summed E-state index contributed by atoms with van der Waals surface area (Å²) in [5.74, 6) is 1.69. The summed E-state index contributed by atoms with van der Waals surface area (Å²) in [6.45, 7) is 13.1. The van der Waals surface area contributed by atoms with Crippen LogP contribution < -0.4 is 0 Å². The van der Waals surface area contributed by atoms with Gasteiger partial charge in [-0.1, -0.05) is 69.9 Å². The molecule has 2 unspecified atom stereocenters. The Kier molecular flexibility index (Phi) is 7.70. The number of halogens is 1. The summed E-state index contributed by atoms with van der Waals surface area (Å²) in [6.07, 6.45) is 6.47. The first-order chi connectivity index (χ1) is 13.3. The van der Waals surface area contributed by atoms with Gasteiger partial charge in [0.2, 0.25) is 0 Å². The van der Waals surface area contributed by atoms with E-state index < -0.39 is 0 Å². The molecule has 2 aliphatic rings. The number of hydrogen-bond donors (Lipinski definition) is 1. The molecule has 0 saturated heterocycles. The minimum atomic E-state index is -0.250. The van der Waals surface area contributed by atoms with Crippen LogP contribution in [0.1, 0.15) is 76.0 Å². The topological polar surface area (TPSA) is 58.9 Å². The number of carbonyl (C=O) groups is 1. The zero-order chi connectivity index (χ0) is 20.9. The first kappa shape index (κ1) is 22.5. The van der Waals surface area contributed by atoms with Gasteiger partial charge in [-0.05, 0) is 59.3 Å². The SMILES string of the molecule is C=CCO/N=C1\CC2C(C)CCC[C@]2(C)c2c(Cl)cc(C(C)C)cc21.O=CO. The lowest BCUT2D eigenvalue weighted by Gasteiger charge is -2.50. The van der Waals surface area contributed by atoms with E-state index in [4.69, 9.17) is 26.3 Å². The Hall–Kier alpha value is -1.81. The molecule has 154 valence electrons. The number of rotatable bonds is 4. The number of nitrogens with zero attached hydrogens (tertiary/aromatic N) is 1. The van der Waals surface area contributed by atoms with Crippen LogP contribution in [0.4, 0.5) is 0 Å². The summed E-state index contributed by atoms with van der Waals surface area (Å²) in [5, 5.41) is 12.3. The van der Waals surface area contributed by atoms with E-state index in [1.807, 2.05) is 0 Å². The molecule has 5 heteroatoms. The summed E-state index contributed by atoms with van der Waals surface area (Å²) in [6, 6.07) is 4.46. The van der Waals surface area contributed by atoms with Crippen LogP contribution in [0, 0.1) is 11.8 Å². The molecule has 1 aromatic carbocycles. The van der Waals surface area contributed by atoms with Crippen LogP contribution in [0.2, 0.25) is 5.02 Å². The zero-order valence-corrected chi connectivity index (χ0v) is 18.1. The molecule has 0 aliphatic heterocycles. The minimum absolute atomic E-state index is 0.136. The van der Waals surface area contributed by atoms with Crippen molar-refractivity contribution in [2.45, 2.75) is 64.7 Å². The van der Waals surface area contributed by atoms with Crippen LogP contribution in [0.15, 0.2) is 29.9 Å². The van der Waals surface area contributed by atoms with Gasteiger partial charge in [-0.3, -0.25) is 4.79 Å². The van der Waals surface area contributed by atoms with Crippen molar-refractivity contribution in [2.24, 2.45) is 17.0 Å². The molecule has 0 aromatic heterocycles. The fraction of sp³-hybridized carbons (Fsp3) is 0.565. The highest BCUT2D eigenvalue weighted by Gasteiger charge is 2.48. The van der Waals surface area contributed by atoms with Gasteiger partial charge in [0.1, 0.15) is 6.61 Å². The van der Waals surface area contributed by atoms with E-state index >= 15 is 0 Å². The standard InChI is InChI=1S/C22H30ClNO.CH2O2/c1-6-10-25-24-20-13-18-15(4)8-7-9-22(18,5)21-17(20)11-16(14(2)3)12-19(21)23;2-1-3/h6,11-12,14-15,18H,1,7-10,13H2,2-5H3;1H,(H,2,3)/b24-20+;/t15?,18?,22-;/m0./s1. The smallest absolute Gasteiger partial charge is 0.290 e. The molecule has 3 atom stereocenters. The van der Waals surface area contributed by atoms with E-state index in [0.717, 1.165) is 17.2 Å². The lowest BCUT2D eigenvalue weighted by atomic mass is 9.54. The third-order valence-corrected chi connectivity index (χ3v) is 6.60. The number of hydrogen-bond acceptors (Lipinski definition) is 3. The second kappa shape index (κ2) is 9.60. The molecule has 1 saturated carbocycles. The van der Waals surface area contributed by atoms with Gasteiger partial charge >= 0.3 is 0 Å². The average Bonchev–Trinajstić information content (AvgIpc) is 2.63. The van der Waals surface area contributed by atoms with Crippen LogP contribution in [-0.2, 0) is 15.0 Å². The summed E-state index contributed by atoms with van der Waals surface area (Å²) < 4.78 is 0. The van der Waals surface area contributed by atoms with Crippen molar-refractivity contribution in [3.8, 4) is 0 Å². The van der Waals surface area contributed by atoms with Crippen molar-refractivity contribution in [3.63, 3.8) is 0 Å². The van der Waals surface area contributed by atoms with Gasteiger partial charge in [0.25, 0.3) is 6.47 Å². The Morgan fingerprint density at radius 1 is 1.46 bits per heavy atom. The predicted octanol–water partition coefficient (Wildman–Crippen LogP) is 6.17. The van der Waals surface area contributed by atoms with Crippen LogP contribution in [0.25, 0.3) is 0 Å². The highest BCUT2D eigenvalue weighted by atomic mass is 35.5. The highest BCUT2D eigenvalue weighted by molar-refractivity contribution is 6.32. The summed E-state index contributed by atoms with van der Waals surface area (Å²) in [5.41, 5.74) is 4.95. The number of fused-ring (bicyclic) bond motifs is 3. The van der Waals surface area contributed by atoms with E-state index in [0.29, 0.717) is 24.4 Å². The van der Waals surface area contributed by atoms with Crippen LogP contribution in [0.5, 0.6) is 0 Å². The Labute approximate surface area is 173 Å². The molecule has 28 heavy (non-hydrogen) atoms. The Morgan fingerprint density at radius 3 is 2.75 bits per heavy atom. The molecule has 1 aromatic rings. The van der Waals surface area contributed by atoms with Gasteiger partial charge in [0.05, 0.1) is 5.71 Å². The Bertz CT molecular complexity index is 744. The molecule has 3 rings (SSSR count). The molecule has 2 aliphatic carbocycles. The van der Waals surface area contributed by atoms with E-state index in [1.165, 1.54) is 36.0 Å². The van der Waals surface area contributed by atoms with E-state index in [2.05, 4.69) is 51.6 Å². The Morgan fingerprint density at radius 2 is 2.14 bits per heavy atom. The van der Waals surface area contributed by atoms with E-state index in [1.54, 1.807) is 6.08 Å². The lowest BCUT2D eigenvalue weighted by molar-refractivity contribution is -0.122. The summed E-state index contributed by atoms with van der Waals surface area (Å²) in [7, 11) is 0. The van der Waals surface area contributed by atoms with E-state index in [9.17, 15) is 0 Å². The maximum absolute atomic E-state index is 8.36. The highest BCUT2D eigenvalue weighted by Crippen LogP contribution is 2.54. The molecular formula is C23H32ClNO3. The molecule has 0 spiro atoms.